The van der Waals surface area contributed by atoms with Crippen molar-refractivity contribution in [2.45, 2.75) is 44.7 Å². The average Bonchev–Trinajstić information content (AvgIpc) is 2.76. The molecule has 0 radical (unpaired) electrons. The number of urea groups is 1. The van der Waals surface area contributed by atoms with Gasteiger partial charge in [0.2, 0.25) is 0 Å². The van der Waals surface area contributed by atoms with Gasteiger partial charge in [-0.2, -0.15) is 0 Å². The van der Waals surface area contributed by atoms with E-state index in [2.05, 4.69) is 0 Å². The largest absolute Gasteiger partial charge is 0.443 e. The third kappa shape index (κ3) is 4.85. The van der Waals surface area contributed by atoms with E-state index < -0.39 is 23.5 Å². The van der Waals surface area contributed by atoms with Gasteiger partial charge in [0.1, 0.15) is 5.60 Å². The van der Waals surface area contributed by atoms with Crippen LogP contribution < -0.4 is 4.90 Å². The monoisotopic (exact) mass is 436 g/mol. The number of thioether (sulfide) groups is 1. The zero-order chi connectivity index (χ0) is 21.3. The van der Waals surface area contributed by atoms with Gasteiger partial charge in [0.25, 0.3) is 0 Å². The van der Waals surface area contributed by atoms with Gasteiger partial charge in [-0.1, -0.05) is 29.8 Å². The van der Waals surface area contributed by atoms with Gasteiger partial charge >= 0.3 is 12.1 Å². The minimum Gasteiger partial charge on any atom is -0.443 e. The fourth-order valence-corrected chi connectivity index (χ4v) is 3.92. The Kier molecular flexibility index (Phi) is 6.10. The number of benzene rings is 2. The number of carbonyl (C=O) groups is 2. The Balaban J connectivity index is 2.03. The second-order valence-corrected chi connectivity index (χ2v) is 9.14. The maximum Gasteiger partial charge on any atom is 0.419 e. The van der Waals surface area contributed by atoms with Crippen LogP contribution in [0.2, 0.25) is 5.02 Å². The Morgan fingerprint density at radius 1 is 1.21 bits per heavy atom. The Morgan fingerprint density at radius 2 is 1.86 bits per heavy atom. The molecular formula is C21H22ClFN2O3S. The zero-order valence-electron chi connectivity index (χ0n) is 16.7. The number of halogens is 2. The average molecular weight is 437 g/mol. The fourth-order valence-electron chi connectivity index (χ4n) is 2.81. The summed E-state index contributed by atoms with van der Waals surface area (Å²) in [4.78, 5) is 28.8. The fraction of sp³-hybridized carbons (Fsp3) is 0.333. The Bertz CT molecular complexity index is 944. The molecular weight excluding hydrogens is 415 g/mol. The standard InChI is InChI=1S/C21H22ClFN2O3S/c1-13-5-10-16-18(17(13)23)24(11-14-6-8-15(22)9-7-14)19(26)25(12-29-16)20(27)28-21(2,3)4/h5-10H,11-12H2,1-4H3. The molecule has 29 heavy (non-hydrogen) atoms. The lowest BCUT2D eigenvalue weighted by molar-refractivity contribution is 0.0355. The summed E-state index contributed by atoms with van der Waals surface area (Å²) < 4.78 is 20.5. The number of nitrogens with zero attached hydrogens (tertiary/aromatic N) is 2. The van der Waals surface area contributed by atoms with Crippen LogP contribution in [0.4, 0.5) is 19.7 Å². The third-order valence-corrected chi connectivity index (χ3v) is 5.50. The molecule has 0 saturated carbocycles. The maximum absolute atomic E-state index is 15.1. The number of hydrogen-bond donors (Lipinski definition) is 0. The summed E-state index contributed by atoms with van der Waals surface area (Å²) in [6.07, 6.45) is -0.763. The number of anilines is 1. The SMILES string of the molecule is Cc1ccc2c(c1F)N(Cc1ccc(Cl)cc1)C(=O)N(C(=O)OC(C)(C)C)CS2. The van der Waals surface area contributed by atoms with Gasteiger partial charge in [0.15, 0.2) is 5.82 Å². The van der Waals surface area contributed by atoms with Crippen LogP contribution in [0.3, 0.4) is 0 Å². The van der Waals surface area contributed by atoms with Crippen molar-refractivity contribution in [3.8, 4) is 0 Å². The van der Waals surface area contributed by atoms with Crippen LogP contribution in [0.25, 0.3) is 0 Å². The van der Waals surface area contributed by atoms with E-state index >= 15 is 4.39 Å². The second-order valence-electron chi connectivity index (χ2n) is 7.72. The van der Waals surface area contributed by atoms with Gasteiger partial charge in [0.05, 0.1) is 18.1 Å². The zero-order valence-corrected chi connectivity index (χ0v) is 18.2. The lowest BCUT2D eigenvalue weighted by Gasteiger charge is -2.29. The highest BCUT2D eigenvalue weighted by molar-refractivity contribution is 7.99. The Morgan fingerprint density at radius 3 is 2.48 bits per heavy atom. The molecule has 1 aliphatic heterocycles. The molecule has 0 spiro atoms. The normalized spacial score (nSPS) is 14.5. The van der Waals surface area contributed by atoms with Gasteiger partial charge < -0.3 is 4.74 Å². The molecule has 1 heterocycles. The van der Waals surface area contributed by atoms with E-state index in [-0.39, 0.29) is 18.1 Å². The molecule has 2 aromatic rings. The number of rotatable bonds is 2. The molecule has 0 aliphatic carbocycles. The predicted octanol–water partition coefficient (Wildman–Crippen LogP) is 6.21. The smallest absolute Gasteiger partial charge is 0.419 e. The first-order valence-corrected chi connectivity index (χ1v) is 10.4. The van der Waals surface area contributed by atoms with Crippen LogP contribution in [0.15, 0.2) is 41.3 Å². The van der Waals surface area contributed by atoms with Gasteiger partial charge in [-0.3, -0.25) is 4.90 Å². The molecule has 1 aliphatic rings. The minimum absolute atomic E-state index is 0.0281. The van der Waals surface area contributed by atoms with E-state index in [1.54, 1.807) is 64.1 Å². The molecule has 2 aromatic carbocycles. The third-order valence-electron chi connectivity index (χ3n) is 4.22. The first-order valence-electron chi connectivity index (χ1n) is 9.05. The van der Waals surface area contributed by atoms with Gasteiger partial charge in [-0.15, -0.1) is 11.8 Å². The number of fused-ring (bicyclic) bond motifs is 1. The number of ether oxygens (including phenoxy) is 1. The molecule has 0 atom stereocenters. The first-order chi connectivity index (χ1) is 13.6. The van der Waals surface area contributed by atoms with Crippen molar-refractivity contribution >= 4 is 41.2 Å². The van der Waals surface area contributed by atoms with E-state index in [0.29, 0.717) is 15.5 Å². The van der Waals surface area contributed by atoms with E-state index in [4.69, 9.17) is 16.3 Å². The molecule has 5 nitrogen and oxygen atoms in total. The highest BCUT2D eigenvalue weighted by atomic mass is 35.5. The van der Waals surface area contributed by atoms with Crippen molar-refractivity contribution < 1.29 is 18.7 Å². The van der Waals surface area contributed by atoms with Gasteiger partial charge in [-0.25, -0.2) is 18.9 Å². The summed E-state index contributed by atoms with van der Waals surface area (Å²) in [5.41, 5.74) is 0.583. The Hall–Kier alpha value is -2.25. The molecule has 154 valence electrons. The highest BCUT2D eigenvalue weighted by Gasteiger charge is 2.36. The van der Waals surface area contributed by atoms with Crippen molar-refractivity contribution in [1.82, 2.24) is 4.90 Å². The molecule has 0 saturated heterocycles. The number of imide groups is 1. The number of amides is 3. The Labute approximate surface area is 178 Å². The topological polar surface area (TPSA) is 49.9 Å². The van der Waals surface area contributed by atoms with Crippen molar-refractivity contribution in [2.24, 2.45) is 0 Å². The van der Waals surface area contributed by atoms with E-state index in [0.717, 1.165) is 10.5 Å². The highest BCUT2D eigenvalue weighted by Crippen LogP contribution is 2.39. The quantitative estimate of drug-likeness (QED) is 0.561. The lowest BCUT2D eigenvalue weighted by Crippen LogP contribution is -2.47. The van der Waals surface area contributed by atoms with Crippen LogP contribution in [0.1, 0.15) is 31.9 Å². The van der Waals surface area contributed by atoms with Gasteiger partial charge in [-0.05, 0) is 57.0 Å². The molecule has 0 fully saturated rings. The summed E-state index contributed by atoms with van der Waals surface area (Å²) in [5, 5.41) is 0.560. The number of aryl methyl sites for hydroxylation is 1. The summed E-state index contributed by atoms with van der Waals surface area (Å²) in [7, 11) is 0. The number of carbonyl (C=O) groups excluding carboxylic acids is 2. The first kappa shape index (κ1) is 21.5. The second kappa shape index (κ2) is 8.24. The summed E-state index contributed by atoms with van der Waals surface area (Å²) in [6, 6.07) is 9.72. The van der Waals surface area contributed by atoms with Crippen LogP contribution in [0, 0.1) is 12.7 Å². The van der Waals surface area contributed by atoms with E-state index in [1.165, 1.54) is 16.7 Å². The summed E-state index contributed by atoms with van der Waals surface area (Å²) in [5.74, 6) is -0.455. The summed E-state index contributed by atoms with van der Waals surface area (Å²) >= 11 is 7.17. The van der Waals surface area contributed by atoms with Crippen molar-refractivity contribution in [3.63, 3.8) is 0 Å². The molecule has 0 bridgehead atoms. The van der Waals surface area contributed by atoms with E-state index in [1.807, 2.05) is 0 Å². The molecule has 8 heteroatoms. The molecule has 3 rings (SSSR count). The molecule has 0 unspecified atom stereocenters. The predicted molar refractivity (Wildman–Crippen MR) is 113 cm³/mol. The lowest BCUT2D eigenvalue weighted by atomic mass is 10.1. The van der Waals surface area contributed by atoms with Crippen molar-refractivity contribution in [1.29, 1.82) is 0 Å². The van der Waals surface area contributed by atoms with Crippen LogP contribution in [0.5, 0.6) is 0 Å². The maximum atomic E-state index is 15.1. The van der Waals surface area contributed by atoms with E-state index in [9.17, 15) is 9.59 Å². The molecule has 0 aromatic heterocycles. The minimum atomic E-state index is -0.763. The van der Waals surface area contributed by atoms with Gasteiger partial charge in [0, 0.05) is 9.92 Å². The molecule has 0 N–H and O–H groups in total. The van der Waals surface area contributed by atoms with Crippen LogP contribution in [-0.4, -0.2) is 28.5 Å². The van der Waals surface area contributed by atoms with Crippen molar-refractivity contribution in [2.75, 3.05) is 10.8 Å². The van der Waals surface area contributed by atoms with Crippen LogP contribution >= 0.6 is 23.4 Å². The number of hydrogen-bond acceptors (Lipinski definition) is 4. The summed E-state index contributed by atoms with van der Waals surface area (Å²) in [6.45, 7) is 6.90. The van der Waals surface area contributed by atoms with Crippen molar-refractivity contribution in [3.05, 3.63) is 58.4 Å². The molecule has 3 amide bonds. The van der Waals surface area contributed by atoms with Crippen LogP contribution in [-0.2, 0) is 11.3 Å².